The molecule has 1 nitrogen and oxygen atoms in total. The van der Waals surface area contributed by atoms with E-state index in [2.05, 4.69) is 26.2 Å². The Labute approximate surface area is 112 Å². The maximum atomic E-state index is 9.63. The lowest BCUT2D eigenvalue weighted by Crippen LogP contribution is -2.23. The molecule has 0 aliphatic heterocycles. The molecule has 1 atom stereocenters. The van der Waals surface area contributed by atoms with E-state index in [0.717, 1.165) is 29.6 Å². The highest BCUT2D eigenvalue weighted by atomic mass is 14.4. The molecule has 18 heavy (non-hydrogen) atoms. The van der Waals surface area contributed by atoms with E-state index in [9.17, 15) is 5.26 Å². The van der Waals surface area contributed by atoms with Crippen LogP contribution in [0.3, 0.4) is 0 Å². The van der Waals surface area contributed by atoms with Gasteiger partial charge in [0.1, 0.15) is 5.41 Å². The molecule has 0 aromatic heterocycles. The summed E-state index contributed by atoms with van der Waals surface area (Å²) >= 11 is 0. The van der Waals surface area contributed by atoms with Gasteiger partial charge in [-0.1, -0.05) is 49.8 Å². The summed E-state index contributed by atoms with van der Waals surface area (Å²) in [5.41, 5.74) is 3.35. The van der Waals surface area contributed by atoms with Crippen molar-refractivity contribution in [3.8, 4) is 6.07 Å². The van der Waals surface area contributed by atoms with E-state index >= 15 is 0 Å². The molecule has 0 heterocycles. The number of hydrogen-bond donors (Lipinski definition) is 0. The summed E-state index contributed by atoms with van der Waals surface area (Å²) < 4.78 is 0. The monoisotopic (exact) mass is 243 g/mol. The fourth-order valence-corrected chi connectivity index (χ4v) is 2.18. The Morgan fingerprint density at radius 2 is 1.83 bits per heavy atom. The predicted molar refractivity (Wildman–Crippen MR) is 80.1 cm³/mol. The fraction of sp³-hybridized carbons (Fsp3) is 0.471. The number of rotatable bonds is 6. The number of nitriles is 1. The van der Waals surface area contributed by atoms with Gasteiger partial charge in [0, 0.05) is 0 Å². The van der Waals surface area contributed by atoms with E-state index in [1.807, 2.05) is 39.8 Å². The maximum absolute atomic E-state index is 9.63. The third-order valence-electron chi connectivity index (χ3n) is 3.26. The van der Waals surface area contributed by atoms with Gasteiger partial charge in [-0.15, -0.1) is 0 Å². The predicted octanol–water partition coefficient (Wildman–Crippen LogP) is 5.34. The van der Waals surface area contributed by atoms with Crippen LogP contribution in [-0.2, 0) is 0 Å². The van der Waals surface area contributed by atoms with E-state index in [1.165, 1.54) is 5.57 Å². The summed E-state index contributed by atoms with van der Waals surface area (Å²) in [6.07, 6.45) is 5.72. The average molecular weight is 243 g/mol. The first-order chi connectivity index (χ1) is 8.37. The number of hydrogen-bond acceptors (Lipinski definition) is 1. The standard InChI is InChI=1S/C17H25N/c1-8-10-16(13(3)4)15(7)17(12-18,11-9-2)14(5)6/h8,10H,5,7,9,11H2,1-4,6H3/b10-8-. The van der Waals surface area contributed by atoms with Gasteiger partial charge in [0.05, 0.1) is 6.07 Å². The van der Waals surface area contributed by atoms with Crippen LogP contribution >= 0.6 is 0 Å². The van der Waals surface area contributed by atoms with Crippen molar-refractivity contribution < 1.29 is 0 Å². The fourth-order valence-electron chi connectivity index (χ4n) is 2.18. The lowest BCUT2D eigenvalue weighted by molar-refractivity contribution is 0.512. The van der Waals surface area contributed by atoms with Crippen molar-refractivity contribution >= 4 is 0 Å². The first kappa shape index (κ1) is 16.4. The summed E-state index contributed by atoms with van der Waals surface area (Å²) in [4.78, 5) is 0. The summed E-state index contributed by atoms with van der Waals surface area (Å²) in [6, 6.07) is 2.44. The Morgan fingerprint density at radius 1 is 1.28 bits per heavy atom. The van der Waals surface area contributed by atoms with Crippen molar-refractivity contribution in [2.24, 2.45) is 5.41 Å². The van der Waals surface area contributed by atoms with E-state index in [1.54, 1.807) is 0 Å². The van der Waals surface area contributed by atoms with Gasteiger partial charge in [-0.05, 0) is 45.3 Å². The minimum absolute atomic E-state index is 0.638. The first-order valence-corrected chi connectivity index (χ1v) is 6.44. The molecule has 1 heteroatoms. The molecule has 0 bridgehead atoms. The number of allylic oxidation sites excluding steroid dienone is 6. The van der Waals surface area contributed by atoms with Crippen LogP contribution in [0.15, 0.2) is 47.6 Å². The van der Waals surface area contributed by atoms with Crippen molar-refractivity contribution in [1.82, 2.24) is 0 Å². The molecule has 0 saturated heterocycles. The molecular weight excluding hydrogens is 218 g/mol. The Balaban J connectivity index is 5.82. The van der Waals surface area contributed by atoms with Crippen molar-refractivity contribution in [3.63, 3.8) is 0 Å². The molecule has 0 saturated carbocycles. The van der Waals surface area contributed by atoms with Gasteiger partial charge in [-0.25, -0.2) is 0 Å². The SMILES string of the molecule is C=C(C)C(C#N)(CCC)C(=C)C(/C=C\C)=C(C)C. The Bertz CT molecular complexity index is 425. The van der Waals surface area contributed by atoms with Gasteiger partial charge in [-0.3, -0.25) is 0 Å². The molecule has 1 unspecified atom stereocenters. The molecule has 0 amide bonds. The van der Waals surface area contributed by atoms with Crippen LogP contribution in [0.2, 0.25) is 0 Å². The van der Waals surface area contributed by atoms with Gasteiger partial charge < -0.3 is 0 Å². The van der Waals surface area contributed by atoms with Crippen LogP contribution in [0.1, 0.15) is 47.5 Å². The lowest BCUT2D eigenvalue weighted by Gasteiger charge is -2.30. The molecule has 0 aromatic rings. The number of nitrogens with zero attached hydrogens (tertiary/aromatic N) is 1. The highest BCUT2D eigenvalue weighted by molar-refractivity contribution is 5.51. The van der Waals surface area contributed by atoms with Gasteiger partial charge in [-0.2, -0.15) is 5.26 Å². The van der Waals surface area contributed by atoms with E-state index in [0.29, 0.717) is 0 Å². The second-order valence-corrected chi connectivity index (χ2v) is 4.94. The third-order valence-corrected chi connectivity index (χ3v) is 3.26. The summed E-state index contributed by atoms with van der Waals surface area (Å²) in [5.74, 6) is 0. The van der Waals surface area contributed by atoms with Crippen LogP contribution in [0.25, 0.3) is 0 Å². The largest absolute Gasteiger partial charge is 0.197 e. The maximum Gasteiger partial charge on any atom is 0.103 e. The molecule has 0 N–H and O–H groups in total. The molecule has 0 rings (SSSR count). The van der Waals surface area contributed by atoms with Crippen LogP contribution in [0.4, 0.5) is 0 Å². The van der Waals surface area contributed by atoms with E-state index < -0.39 is 5.41 Å². The summed E-state index contributed by atoms with van der Waals surface area (Å²) in [5, 5.41) is 9.63. The molecule has 98 valence electrons. The van der Waals surface area contributed by atoms with Crippen molar-refractivity contribution in [2.75, 3.05) is 0 Å². The van der Waals surface area contributed by atoms with Crippen LogP contribution in [0, 0.1) is 16.7 Å². The highest BCUT2D eigenvalue weighted by Crippen LogP contribution is 2.42. The molecule has 0 fully saturated rings. The zero-order chi connectivity index (χ0) is 14.3. The second kappa shape index (κ2) is 7.01. The van der Waals surface area contributed by atoms with Crippen LogP contribution < -0.4 is 0 Å². The molecule has 0 aromatic carbocycles. The quantitative estimate of drug-likeness (QED) is 0.456. The Morgan fingerprint density at radius 3 is 2.11 bits per heavy atom. The molecule has 0 radical (unpaired) electrons. The molecular formula is C17H25N. The van der Waals surface area contributed by atoms with Crippen LogP contribution in [0.5, 0.6) is 0 Å². The average Bonchev–Trinajstić information content (AvgIpc) is 2.31. The molecule has 0 aliphatic carbocycles. The summed E-state index contributed by atoms with van der Waals surface area (Å²) in [6.45, 7) is 18.3. The van der Waals surface area contributed by atoms with Gasteiger partial charge >= 0.3 is 0 Å². The Hall–Kier alpha value is -1.55. The van der Waals surface area contributed by atoms with Crippen molar-refractivity contribution in [3.05, 3.63) is 47.6 Å². The summed E-state index contributed by atoms with van der Waals surface area (Å²) in [7, 11) is 0. The highest BCUT2D eigenvalue weighted by Gasteiger charge is 2.34. The van der Waals surface area contributed by atoms with Gasteiger partial charge in [0.15, 0.2) is 0 Å². The van der Waals surface area contributed by atoms with E-state index in [4.69, 9.17) is 0 Å². The third kappa shape index (κ3) is 3.23. The zero-order valence-electron chi connectivity index (χ0n) is 12.4. The normalized spacial score (nSPS) is 13.8. The smallest absolute Gasteiger partial charge is 0.103 e. The van der Waals surface area contributed by atoms with E-state index in [-0.39, 0.29) is 0 Å². The van der Waals surface area contributed by atoms with Crippen LogP contribution in [-0.4, -0.2) is 0 Å². The zero-order valence-corrected chi connectivity index (χ0v) is 12.4. The minimum atomic E-state index is -0.638. The van der Waals surface area contributed by atoms with Crippen molar-refractivity contribution in [2.45, 2.75) is 47.5 Å². The topological polar surface area (TPSA) is 23.8 Å². The second-order valence-electron chi connectivity index (χ2n) is 4.94. The lowest BCUT2D eigenvalue weighted by atomic mass is 9.70. The molecule has 0 spiro atoms. The van der Waals surface area contributed by atoms with Gasteiger partial charge in [0.25, 0.3) is 0 Å². The minimum Gasteiger partial charge on any atom is -0.197 e. The Kier molecular flexibility index (Phi) is 6.41. The van der Waals surface area contributed by atoms with Gasteiger partial charge in [0.2, 0.25) is 0 Å². The molecule has 0 aliphatic rings. The van der Waals surface area contributed by atoms with Crippen molar-refractivity contribution in [1.29, 1.82) is 5.26 Å². The first-order valence-electron chi connectivity index (χ1n) is 6.44.